The quantitative estimate of drug-likeness (QED) is 0.516. The van der Waals surface area contributed by atoms with Gasteiger partial charge in [0.25, 0.3) is 5.69 Å². The van der Waals surface area contributed by atoms with Crippen LogP contribution >= 0.6 is 0 Å². The standard InChI is InChI=1S/C13H13F3N2O3/c1-9(19)17-7-3-2-4-10-5-6-11(13(14,15)16)12(8-10)18(20)21/h2,4-6,8H,3,7H2,1H3,(H,17,19). The molecule has 0 heterocycles. The summed E-state index contributed by atoms with van der Waals surface area (Å²) in [7, 11) is 0. The van der Waals surface area contributed by atoms with Gasteiger partial charge in [-0.3, -0.25) is 14.9 Å². The number of carbonyl (C=O) groups is 1. The second-order valence-electron chi connectivity index (χ2n) is 4.21. The summed E-state index contributed by atoms with van der Waals surface area (Å²) < 4.78 is 37.8. The van der Waals surface area contributed by atoms with Crippen molar-refractivity contribution in [1.29, 1.82) is 0 Å². The molecule has 1 N–H and O–H groups in total. The van der Waals surface area contributed by atoms with Crippen molar-refractivity contribution in [3.63, 3.8) is 0 Å². The van der Waals surface area contributed by atoms with Crippen molar-refractivity contribution < 1.29 is 22.9 Å². The molecule has 0 bridgehead atoms. The summed E-state index contributed by atoms with van der Waals surface area (Å²) >= 11 is 0. The Morgan fingerprint density at radius 1 is 1.43 bits per heavy atom. The molecule has 0 atom stereocenters. The van der Waals surface area contributed by atoms with E-state index in [0.717, 1.165) is 12.1 Å². The minimum Gasteiger partial charge on any atom is -0.356 e. The van der Waals surface area contributed by atoms with Crippen molar-refractivity contribution in [2.45, 2.75) is 19.5 Å². The van der Waals surface area contributed by atoms with Crippen molar-refractivity contribution in [1.82, 2.24) is 5.32 Å². The molecule has 1 aromatic rings. The highest BCUT2D eigenvalue weighted by Crippen LogP contribution is 2.36. The third-order valence-corrected chi connectivity index (χ3v) is 2.52. The van der Waals surface area contributed by atoms with Crippen LogP contribution in [0.15, 0.2) is 24.3 Å². The van der Waals surface area contributed by atoms with E-state index in [1.165, 1.54) is 13.0 Å². The fourth-order valence-electron chi connectivity index (χ4n) is 1.59. The smallest absolute Gasteiger partial charge is 0.356 e. The Labute approximate surface area is 118 Å². The second-order valence-corrected chi connectivity index (χ2v) is 4.21. The van der Waals surface area contributed by atoms with Crippen molar-refractivity contribution in [2.24, 2.45) is 0 Å². The first kappa shape index (κ1) is 16.7. The van der Waals surface area contributed by atoms with Crippen LogP contribution in [0, 0.1) is 10.1 Å². The average molecular weight is 302 g/mol. The van der Waals surface area contributed by atoms with Gasteiger partial charge in [0, 0.05) is 19.5 Å². The lowest BCUT2D eigenvalue weighted by atomic mass is 10.1. The van der Waals surface area contributed by atoms with Crippen LogP contribution in [-0.2, 0) is 11.0 Å². The topological polar surface area (TPSA) is 72.2 Å². The van der Waals surface area contributed by atoms with Gasteiger partial charge in [-0.15, -0.1) is 0 Å². The van der Waals surface area contributed by atoms with Gasteiger partial charge in [-0.2, -0.15) is 13.2 Å². The van der Waals surface area contributed by atoms with Crippen molar-refractivity contribution in [2.75, 3.05) is 6.54 Å². The van der Waals surface area contributed by atoms with Gasteiger partial charge in [0.1, 0.15) is 5.56 Å². The number of alkyl halides is 3. The first-order valence-corrected chi connectivity index (χ1v) is 5.98. The summed E-state index contributed by atoms with van der Waals surface area (Å²) in [5.41, 5.74) is -1.97. The SMILES string of the molecule is CC(=O)NCCC=Cc1ccc(C(F)(F)F)c([N+](=O)[O-])c1. The van der Waals surface area contributed by atoms with Crippen LogP contribution in [0.5, 0.6) is 0 Å². The van der Waals surface area contributed by atoms with E-state index in [-0.39, 0.29) is 11.5 Å². The lowest BCUT2D eigenvalue weighted by Gasteiger charge is -2.07. The molecule has 1 aromatic carbocycles. The largest absolute Gasteiger partial charge is 0.422 e. The number of rotatable bonds is 5. The summed E-state index contributed by atoms with van der Waals surface area (Å²) in [4.78, 5) is 20.3. The van der Waals surface area contributed by atoms with Crippen LogP contribution < -0.4 is 5.32 Å². The first-order valence-electron chi connectivity index (χ1n) is 5.98. The molecule has 5 nitrogen and oxygen atoms in total. The molecule has 8 heteroatoms. The van der Waals surface area contributed by atoms with Crippen LogP contribution in [0.3, 0.4) is 0 Å². The fourth-order valence-corrected chi connectivity index (χ4v) is 1.59. The molecule has 0 fully saturated rings. The molecule has 0 saturated carbocycles. The normalized spacial score (nSPS) is 11.6. The van der Waals surface area contributed by atoms with E-state index in [1.807, 2.05) is 0 Å². The van der Waals surface area contributed by atoms with E-state index < -0.39 is 22.4 Å². The molecule has 0 spiro atoms. The molecule has 0 radical (unpaired) electrons. The van der Waals surface area contributed by atoms with E-state index in [2.05, 4.69) is 5.32 Å². The van der Waals surface area contributed by atoms with Gasteiger partial charge in [-0.05, 0) is 18.1 Å². The van der Waals surface area contributed by atoms with Crippen molar-refractivity contribution in [3.8, 4) is 0 Å². The van der Waals surface area contributed by atoms with Gasteiger partial charge < -0.3 is 5.32 Å². The highest BCUT2D eigenvalue weighted by atomic mass is 19.4. The zero-order valence-corrected chi connectivity index (χ0v) is 11.1. The number of nitrogens with one attached hydrogen (secondary N) is 1. The van der Waals surface area contributed by atoms with Crippen LogP contribution in [0.1, 0.15) is 24.5 Å². The number of nitro benzene ring substituents is 1. The molecule has 0 aliphatic rings. The Balaban J connectivity index is 2.87. The second kappa shape index (κ2) is 6.87. The first-order chi connectivity index (χ1) is 9.71. The zero-order chi connectivity index (χ0) is 16.0. The molecular weight excluding hydrogens is 289 g/mol. The number of hydrogen-bond donors (Lipinski definition) is 1. The average Bonchev–Trinajstić information content (AvgIpc) is 2.36. The van der Waals surface area contributed by atoms with Gasteiger partial charge in [0.2, 0.25) is 5.91 Å². The Hall–Kier alpha value is -2.38. The Morgan fingerprint density at radius 3 is 2.62 bits per heavy atom. The molecule has 1 amide bonds. The molecule has 21 heavy (non-hydrogen) atoms. The minimum atomic E-state index is -4.77. The summed E-state index contributed by atoms with van der Waals surface area (Å²) in [6.07, 6.45) is -1.22. The van der Waals surface area contributed by atoms with Gasteiger partial charge in [0.05, 0.1) is 4.92 Å². The summed E-state index contributed by atoms with van der Waals surface area (Å²) in [5.74, 6) is -0.187. The van der Waals surface area contributed by atoms with E-state index in [4.69, 9.17) is 0 Å². The lowest BCUT2D eigenvalue weighted by Crippen LogP contribution is -2.20. The lowest BCUT2D eigenvalue weighted by molar-refractivity contribution is -0.388. The Bertz CT molecular complexity index is 568. The predicted molar refractivity (Wildman–Crippen MR) is 70.4 cm³/mol. The van der Waals surface area contributed by atoms with E-state index >= 15 is 0 Å². The number of halogens is 3. The molecule has 0 unspecified atom stereocenters. The van der Waals surface area contributed by atoms with Gasteiger partial charge in [-0.25, -0.2) is 0 Å². The van der Waals surface area contributed by atoms with Gasteiger partial charge in [0.15, 0.2) is 0 Å². The highest BCUT2D eigenvalue weighted by Gasteiger charge is 2.38. The molecule has 1 rings (SSSR count). The highest BCUT2D eigenvalue weighted by molar-refractivity contribution is 5.72. The molecule has 0 aliphatic heterocycles. The fraction of sp³-hybridized carbons (Fsp3) is 0.308. The van der Waals surface area contributed by atoms with Crippen LogP contribution in [0.4, 0.5) is 18.9 Å². The molecule has 0 aliphatic carbocycles. The van der Waals surface area contributed by atoms with Gasteiger partial charge in [-0.1, -0.05) is 18.2 Å². The van der Waals surface area contributed by atoms with Crippen LogP contribution in [0.2, 0.25) is 0 Å². The summed E-state index contributed by atoms with van der Waals surface area (Å²) in [6.45, 7) is 1.75. The number of amides is 1. The third kappa shape index (κ3) is 5.25. The Morgan fingerprint density at radius 2 is 2.10 bits per heavy atom. The number of hydrogen-bond acceptors (Lipinski definition) is 3. The molecule has 0 aromatic heterocycles. The summed E-state index contributed by atoms with van der Waals surface area (Å²) in [6, 6.07) is 2.72. The number of nitrogens with zero attached hydrogens (tertiary/aromatic N) is 1. The maximum atomic E-state index is 12.6. The number of benzene rings is 1. The van der Waals surface area contributed by atoms with E-state index in [1.54, 1.807) is 6.08 Å². The van der Waals surface area contributed by atoms with E-state index in [9.17, 15) is 28.1 Å². The maximum Gasteiger partial charge on any atom is 0.422 e. The summed E-state index contributed by atoms with van der Waals surface area (Å²) in [5, 5.41) is 13.2. The predicted octanol–water partition coefficient (Wildman–Crippen LogP) is 3.15. The number of nitro groups is 1. The van der Waals surface area contributed by atoms with Gasteiger partial charge >= 0.3 is 6.18 Å². The molecule has 0 saturated heterocycles. The van der Waals surface area contributed by atoms with E-state index in [0.29, 0.717) is 19.0 Å². The van der Waals surface area contributed by atoms with Crippen LogP contribution in [-0.4, -0.2) is 17.4 Å². The maximum absolute atomic E-state index is 12.6. The van der Waals surface area contributed by atoms with Crippen LogP contribution in [0.25, 0.3) is 6.08 Å². The van der Waals surface area contributed by atoms with Crippen molar-refractivity contribution >= 4 is 17.7 Å². The number of carbonyl (C=O) groups excluding carboxylic acids is 1. The zero-order valence-electron chi connectivity index (χ0n) is 11.1. The monoisotopic (exact) mass is 302 g/mol. The molecular formula is C13H13F3N2O3. The third-order valence-electron chi connectivity index (χ3n) is 2.52. The molecule has 114 valence electrons. The van der Waals surface area contributed by atoms with Crippen molar-refractivity contribution in [3.05, 3.63) is 45.5 Å². The Kier molecular flexibility index (Phi) is 5.45. The minimum absolute atomic E-state index is 0.187.